The number of rotatable bonds is 6. The highest BCUT2D eigenvalue weighted by Crippen LogP contribution is 2.19. The van der Waals surface area contributed by atoms with E-state index < -0.39 is 23.5 Å². The van der Waals surface area contributed by atoms with Crippen LogP contribution in [0, 0.1) is 12.7 Å². The van der Waals surface area contributed by atoms with Gasteiger partial charge in [0.2, 0.25) is 5.91 Å². The Morgan fingerprint density at radius 2 is 1.61 bits per heavy atom. The summed E-state index contributed by atoms with van der Waals surface area (Å²) in [4.78, 5) is 36.8. The third kappa shape index (κ3) is 5.90. The number of halogens is 2. The lowest BCUT2D eigenvalue weighted by Crippen LogP contribution is -2.32. The molecule has 3 aromatic carbocycles. The molecule has 0 fully saturated rings. The van der Waals surface area contributed by atoms with Crippen LogP contribution in [0.5, 0.6) is 0 Å². The van der Waals surface area contributed by atoms with E-state index in [1.807, 2.05) is 0 Å². The zero-order chi connectivity index (χ0) is 22.4. The Labute approximate surface area is 183 Å². The normalized spacial score (nSPS) is 10.3. The zero-order valence-corrected chi connectivity index (χ0v) is 17.3. The van der Waals surface area contributed by atoms with Gasteiger partial charge in [-0.05, 0) is 61.0 Å². The monoisotopic (exact) mass is 439 g/mol. The van der Waals surface area contributed by atoms with Gasteiger partial charge in [-0.2, -0.15) is 0 Å². The van der Waals surface area contributed by atoms with Crippen LogP contribution in [0.2, 0.25) is 5.02 Å². The van der Waals surface area contributed by atoms with Crippen molar-refractivity contribution in [2.75, 3.05) is 17.2 Å². The highest BCUT2D eigenvalue weighted by Gasteiger charge is 2.14. The van der Waals surface area contributed by atoms with Crippen LogP contribution in [0.4, 0.5) is 15.8 Å². The van der Waals surface area contributed by atoms with Crippen molar-refractivity contribution in [2.24, 2.45) is 0 Å². The number of hydrogen-bond donors (Lipinski definition) is 3. The van der Waals surface area contributed by atoms with Crippen LogP contribution in [0.1, 0.15) is 26.3 Å². The SMILES string of the molecule is Cc1ccc(C(=O)NCC(=O)Nc2ccc(Cl)cc2)cc1NC(=O)c1ccccc1F. The summed E-state index contributed by atoms with van der Waals surface area (Å²) in [6.45, 7) is 1.50. The molecule has 6 nitrogen and oxygen atoms in total. The van der Waals surface area contributed by atoms with E-state index in [0.29, 0.717) is 22.0 Å². The van der Waals surface area contributed by atoms with E-state index in [4.69, 9.17) is 11.6 Å². The second kappa shape index (κ2) is 9.86. The van der Waals surface area contributed by atoms with Crippen LogP contribution in [0.25, 0.3) is 0 Å². The molecule has 3 aromatic rings. The molecule has 0 atom stereocenters. The molecule has 0 aromatic heterocycles. The summed E-state index contributed by atoms with van der Waals surface area (Å²) in [6, 6.07) is 16.9. The molecule has 0 aliphatic carbocycles. The molecule has 31 heavy (non-hydrogen) atoms. The van der Waals surface area contributed by atoms with Gasteiger partial charge in [0.15, 0.2) is 0 Å². The lowest BCUT2D eigenvalue weighted by atomic mass is 10.1. The maximum Gasteiger partial charge on any atom is 0.258 e. The van der Waals surface area contributed by atoms with E-state index >= 15 is 0 Å². The van der Waals surface area contributed by atoms with Gasteiger partial charge in [-0.1, -0.05) is 29.8 Å². The maximum atomic E-state index is 13.8. The lowest BCUT2D eigenvalue weighted by molar-refractivity contribution is -0.115. The number of nitrogens with one attached hydrogen (secondary N) is 3. The van der Waals surface area contributed by atoms with Crippen LogP contribution in [0.15, 0.2) is 66.7 Å². The standard InChI is InChI=1S/C23H19ClFN3O3/c1-14-6-7-15(12-20(14)28-23(31)18-4-2-3-5-19(18)25)22(30)26-13-21(29)27-17-10-8-16(24)9-11-17/h2-12H,13H2,1H3,(H,26,30)(H,27,29)(H,28,31). The van der Waals surface area contributed by atoms with E-state index in [9.17, 15) is 18.8 Å². The molecule has 0 saturated carbocycles. The molecule has 158 valence electrons. The summed E-state index contributed by atoms with van der Waals surface area (Å²) >= 11 is 5.80. The van der Waals surface area contributed by atoms with E-state index in [1.165, 1.54) is 24.3 Å². The third-order valence-corrected chi connectivity index (χ3v) is 4.66. The maximum absolute atomic E-state index is 13.8. The van der Waals surface area contributed by atoms with Crippen LogP contribution in [-0.4, -0.2) is 24.3 Å². The van der Waals surface area contributed by atoms with Crippen LogP contribution >= 0.6 is 11.6 Å². The van der Waals surface area contributed by atoms with Crippen molar-refractivity contribution in [3.63, 3.8) is 0 Å². The molecule has 3 rings (SSSR count). The second-order valence-electron chi connectivity index (χ2n) is 6.70. The molecule has 0 aliphatic rings. The summed E-state index contributed by atoms with van der Waals surface area (Å²) in [5, 5.41) is 8.32. The first-order valence-corrected chi connectivity index (χ1v) is 9.71. The van der Waals surface area contributed by atoms with Gasteiger partial charge >= 0.3 is 0 Å². The van der Waals surface area contributed by atoms with E-state index in [-0.39, 0.29) is 17.7 Å². The fourth-order valence-corrected chi connectivity index (χ4v) is 2.86. The number of carbonyl (C=O) groups is 3. The van der Waals surface area contributed by atoms with Gasteiger partial charge in [-0.25, -0.2) is 4.39 Å². The molecule has 0 saturated heterocycles. The Kier molecular flexibility index (Phi) is 6.99. The van der Waals surface area contributed by atoms with Gasteiger partial charge in [-0.15, -0.1) is 0 Å². The fraction of sp³-hybridized carbons (Fsp3) is 0.0870. The van der Waals surface area contributed by atoms with Gasteiger partial charge in [0, 0.05) is 22.0 Å². The molecule has 0 heterocycles. The average Bonchev–Trinajstić information content (AvgIpc) is 2.75. The molecule has 3 amide bonds. The summed E-state index contributed by atoms with van der Waals surface area (Å²) < 4.78 is 13.8. The van der Waals surface area contributed by atoms with E-state index in [1.54, 1.807) is 49.4 Å². The number of aryl methyl sites for hydroxylation is 1. The van der Waals surface area contributed by atoms with Crippen LogP contribution < -0.4 is 16.0 Å². The van der Waals surface area contributed by atoms with Gasteiger partial charge in [0.25, 0.3) is 11.8 Å². The average molecular weight is 440 g/mol. The van der Waals surface area contributed by atoms with Crippen molar-refractivity contribution in [3.8, 4) is 0 Å². The Hall–Kier alpha value is -3.71. The number of amides is 3. The summed E-state index contributed by atoms with van der Waals surface area (Å²) in [7, 11) is 0. The Morgan fingerprint density at radius 3 is 2.32 bits per heavy atom. The van der Waals surface area contributed by atoms with Crippen molar-refractivity contribution in [1.82, 2.24) is 5.32 Å². The first kappa shape index (κ1) is 22.0. The number of benzene rings is 3. The molecule has 0 aliphatic heterocycles. The topological polar surface area (TPSA) is 87.3 Å². The molecule has 8 heteroatoms. The van der Waals surface area contributed by atoms with E-state index in [2.05, 4.69) is 16.0 Å². The van der Waals surface area contributed by atoms with Crippen LogP contribution in [-0.2, 0) is 4.79 Å². The van der Waals surface area contributed by atoms with Gasteiger partial charge < -0.3 is 16.0 Å². The Balaban J connectivity index is 1.62. The summed E-state index contributed by atoms with van der Waals surface area (Å²) in [6.07, 6.45) is 0. The largest absolute Gasteiger partial charge is 0.343 e. The zero-order valence-electron chi connectivity index (χ0n) is 16.5. The number of hydrogen-bond acceptors (Lipinski definition) is 3. The first-order valence-electron chi connectivity index (χ1n) is 9.33. The molecule has 0 unspecified atom stereocenters. The highest BCUT2D eigenvalue weighted by molar-refractivity contribution is 6.30. The third-order valence-electron chi connectivity index (χ3n) is 4.40. The summed E-state index contributed by atoms with van der Waals surface area (Å²) in [5.41, 5.74) is 1.76. The fourth-order valence-electron chi connectivity index (χ4n) is 2.73. The van der Waals surface area contributed by atoms with Crippen molar-refractivity contribution in [1.29, 1.82) is 0 Å². The molecule has 0 radical (unpaired) electrons. The summed E-state index contributed by atoms with van der Waals surface area (Å²) in [5.74, 6) is -2.16. The predicted molar refractivity (Wildman–Crippen MR) is 118 cm³/mol. The molecule has 3 N–H and O–H groups in total. The van der Waals surface area contributed by atoms with Crippen molar-refractivity contribution in [3.05, 3.63) is 94.3 Å². The predicted octanol–water partition coefficient (Wildman–Crippen LogP) is 4.41. The van der Waals surface area contributed by atoms with Crippen molar-refractivity contribution in [2.45, 2.75) is 6.92 Å². The van der Waals surface area contributed by atoms with Crippen molar-refractivity contribution >= 4 is 40.7 Å². The molecular weight excluding hydrogens is 421 g/mol. The minimum atomic E-state index is -0.641. The Morgan fingerprint density at radius 1 is 0.903 bits per heavy atom. The number of anilines is 2. The minimum Gasteiger partial charge on any atom is -0.343 e. The minimum absolute atomic E-state index is 0.101. The smallest absolute Gasteiger partial charge is 0.258 e. The van der Waals surface area contributed by atoms with Crippen molar-refractivity contribution < 1.29 is 18.8 Å². The van der Waals surface area contributed by atoms with Gasteiger partial charge in [0.05, 0.1) is 12.1 Å². The van der Waals surface area contributed by atoms with Gasteiger partial charge in [0.1, 0.15) is 5.82 Å². The number of carbonyl (C=O) groups excluding carboxylic acids is 3. The van der Waals surface area contributed by atoms with E-state index in [0.717, 1.165) is 0 Å². The van der Waals surface area contributed by atoms with Crippen LogP contribution in [0.3, 0.4) is 0 Å². The molecule has 0 bridgehead atoms. The lowest BCUT2D eigenvalue weighted by Gasteiger charge is -2.12. The molecule has 0 spiro atoms. The first-order chi connectivity index (χ1) is 14.8. The Bertz CT molecular complexity index is 1130. The quantitative estimate of drug-likeness (QED) is 0.531. The second-order valence-corrected chi connectivity index (χ2v) is 7.14. The highest BCUT2D eigenvalue weighted by atomic mass is 35.5. The molecular formula is C23H19ClFN3O3. The van der Waals surface area contributed by atoms with Gasteiger partial charge in [-0.3, -0.25) is 14.4 Å².